The molecule has 4 heteroatoms. The number of ether oxygens (including phenoxy) is 2. The summed E-state index contributed by atoms with van der Waals surface area (Å²) in [4.78, 5) is 11.3. The molecule has 0 unspecified atom stereocenters. The number of carbonyl (C=O) groups excluding carboxylic acids is 1. The number of benzene rings is 1. The summed E-state index contributed by atoms with van der Waals surface area (Å²) in [5, 5.41) is 0. The van der Waals surface area contributed by atoms with E-state index in [1.54, 1.807) is 18.2 Å². The monoisotopic (exact) mass is 237 g/mol. The van der Waals surface area contributed by atoms with Crippen LogP contribution in [0.3, 0.4) is 0 Å². The summed E-state index contributed by atoms with van der Waals surface area (Å²) in [5.74, 6) is 0.225. The van der Waals surface area contributed by atoms with Crippen molar-refractivity contribution in [1.29, 1.82) is 0 Å². The summed E-state index contributed by atoms with van der Waals surface area (Å²) in [6, 6.07) is 4.92. The molecule has 0 aromatic heterocycles. The maximum absolute atomic E-state index is 11.3. The number of nitrogen functional groups attached to an aromatic ring is 1. The lowest BCUT2D eigenvalue weighted by atomic mass is 10.2. The van der Waals surface area contributed by atoms with Gasteiger partial charge in [0, 0.05) is 0 Å². The highest BCUT2D eigenvalue weighted by molar-refractivity contribution is 5.90. The van der Waals surface area contributed by atoms with Gasteiger partial charge in [-0.25, -0.2) is 4.79 Å². The van der Waals surface area contributed by atoms with E-state index in [9.17, 15) is 4.79 Å². The quantitative estimate of drug-likeness (QED) is 0.469. The number of esters is 1. The maximum atomic E-state index is 11.3. The van der Waals surface area contributed by atoms with Gasteiger partial charge in [-0.3, -0.25) is 0 Å². The van der Waals surface area contributed by atoms with Crippen molar-refractivity contribution in [2.45, 2.75) is 26.2 Å². The molecule has 0 bridgehead atoms. The van der Waals surface area contributed by atoms with E-state index in [4.69, 9.17) is 10.5 Å². The van der Waals surface area contributed by atoms with Crippen LogP contribution < -0.4 is 10.5 Å². The van der Waals surface area contributed by atoms with Gasteiger partial charge in [0.05, 0.1) is 25.0 Å². The first-order valence-corrected chi connectivity index (χ1v) is 5.79. The average molecular weight is 237 g/mol. The molecule has 4 nitrogen and oxygen atoms in total. The van der Waals surface area contributed by atoms with E-state index < -0.39 is 5.97 Å². The first-order chi connectivity index (χ1) is 8.19. The Bertz CT molecular complexity index is 377. The minimum atomic E-state index is -0.394. The smallest absolute Gasteiger partial charge is 0.337 e. The lowest BCUT2D eigenvalue weighted by molar-refractivity contribution is 0.0601. The first-order valence-electron chi connectivity index (χ1n) is 5.79. The van der Waals surface area contributed by atoms with Crippen molar-refractivity contribution >= 4 is 11.7 Å². The second-order valence-electron chi connectivity index (χ2n) is 3.80. The van der Waals surface area contributed by atoms with Gasteiger partial charge in [-0.1, -0.05) is 19.8 Å². The summed E-state index contributed by atoms with van der Waals surface area (Å²) in [6.45, 7) is 2.79. The fourth-order valence-corrected chi connectivity index (χ4v) is 1.46. The van der Waals surface area contributed by atoms with Crippen LogP contribution in [0.1, 0.15) is 36.5 Å². The molecule has 2 N–H and O–H groups in total. The summed E-state index contributed by atoms with van der Waals surface area (Å²) in [5.41, 5.74) is 6.69. The van der Waals surface area contributed by atoms with Gasteiger partial charge < -0.3 is 15.2 Å². The van der Waals surface area contributed by atoms with Crippen LogP contribution in [-0.4, -0.2) is 19.7 Å². The number of anilines is 1. The predicted molar refractivity (Wildman–Crippen MR) is 67.2 cm³/mol. The lowest BCUT2D eigenvalue weighted by Crippen LogP contribution is -2.04. The van der Waals surface area contributed by atoms with E-state index in [-0.39, 0.29) is 0 Å². The molecule has 0 atom stereocenters. The van der Waals surface area contributed by atoms with Crippen LogP contribution in [-0.2, 0) is 4.74 Å². The second-order valence-corrected chi connectivity index (χ2v) is 3.80. The summed E-state index contributed by atoms with van der Waals surface area (Å²) in [7, 11) is 1.34. The molecule has 1 rings (SSSR count). The molecule has 94 valence electrons. The molecule has 0 amide bonds. The summed E-state index contributed by atoms with van der Waals surface area (Å²) >= 11 is 0. The Balaban J connectivity index is 2.60. The van der Waals surface area contributed by atoms with Gasteiger partial charge in [0.25, 0.3) is 0 Å². The molecule has 0 radical (unpaired) electrons. The predicted octanol–water partition coefficient (Wildman–Crippen LogP) is 2.62. The zero-order valence-corrected chi connectivity index (χ0v) is 10.4. The van der Waals surface area contributed by atoms with Gasteiger partial charge in [0.1, 0.15) is 5.75 Å². The third-order valence-electron chi connectivity index (χ3n) is 2.44. The Hall–Kier alpha value is -1.71. The topological polar surface area (TPSA) is 61.5 Å². The number of carbonyl (C=O) groups is 1. The molecule has 0 saturated heterocycles. The largest absolute Gasteiger partial charge is 0.491 e. The average Bonchev–Trinajstić information content (AvgIpc) is 2.35. The molecule has 0 heterocycles. The molecule has 0 aliphatic rings. The molecule has 1 aromatic carbocycles. The molecule has 0 aliphatic carbocycles. The van der Waals surface area contributed by atoms with E-state index in [1.807, 2.05) is 0 Å². The highest BCUT2D eigenvalue weighted by Crippen LogP contribution is 2.23. The van der Waals surface area contributed by atoms with Crippen LogP contribution in [0.25, 0.3) is 0 Å². The van der Waals surface area contributed by atoms with Crippen LogP contribution in [0.5, 0.6) is 5.75 Å². The number of methoxy groups -OCH3 is 1. The van der Waals surface area contributed by atoms with Crippen LogP contribution in [0, 0.1) is 0 Å². The second kappa shape index (κ2) is 6.78. The Morgan fingerprint density at radius 2 is 2.12 bits per heavy atom. The standard InChI is InChI=1S/C13H19NO3/c1-3-4-5-8-17-12-7-6-10(9-11(12)14)13(15)16-2/h6-7,9H,3-5,8,14H2,1-2H3. The highest BCUT2D eigenvalue weighted by atomic mass is 16.5. The summed E-state index contributed by atoms with van der Waals surface area (Å²) < 4.78 is 10.1. The molecule has 0 saturated carbocycles. The Kier molecular flexibility index (Phi) is 5.33. The van der Waals surface area contributed by atoms with Crippen LogP contribution >= 0.6 is 0 Å². The normalized spacial score (nSPS) is 10.0. The molecule has 0 fully saturated rings. The van der Waals surface area contributed by atoms with E-state index >= 15 is 0 Å². The minimum absolute atomic E-state index is 0.394. The van der Waals surface area contributed by atoms with E-state index in [0.29, 0.717) is 23.6 Å². The van der Waals surface area contributed by atoms with E-state index in [2.05, 4.69) is 11.7 Å². The lowest BCUT2D eigenvalue weighted by Gasteiger charge is -2.09. The van der Waals surface area contributed by atoms with Crippen LogP contribution in [0.15, 0.2) is 18.2 Å². The van der Waals surface area contributed by atoms with Gasteiger partial charge in [-0.15, -0.1) is 0 Å². The molecule has 1 aromatic rings. The Morgan fingerprint density at radius 1 is 1.35 bits per heavy atom. The van der Waals surface area contributed by atoms with E-state index in [0.717, 1.165) is 19.3 Å². The van der Waals surface area contributed by atoms with Gasteiger partial charge in [0.15, 0.2) is 0 Å². The fraction of sp³-hybridized carbons (Fsp3) is 0.462. The number of hydrogen-bond acceptors (Lipinski definition) is 4. The third-order valence-corrected chi connectivity index (χ3v) is 2.44. The number of hydrogen-bond donors (Lipinski definition) is 1. The van der Waals surface area contributed by atoms with Crippen molar-refractivity contribution in [1.82, 2.24) is 0 Å². The number of rotatable bonds is 6. The fourth-order valence-electron chi connectivity index (χ4n) is 1.46. The Morgan fingerprint density at radius 3 is 2.71 bits per heavy atom. The minimum Gasteiger partial charge on any atom is -0.491 e. The first kappa shape index (κ1) is 13.4. The number of nitrogens with two attached hydrogens (primary N) is 1. The van der Waals surface area contributed by atoms with E-state index in [1.165, 1.54) is 7.11 Å². The van der Waals surface area contributed by atoms with Gasteiger partial charge >= 0.3 is 5.97 Å². The van der Waals surface area contributed by atoms with Crippen molar-refractivity contribution in [3.8, 4) is 5.75 Å². The molecule has 0 aliphatic heterocycles. The maximum Gasteiger partial charge on any atom is 0.337 e. The highest BCUT2D eigenvalue weighted by Gasteiger charge is 2.08. The summed E-state index contributed by atoms with van der Waals surface area (Å²) in [6.07, 6.45) is 3.30. The zero-order chi connectivity index (χ0) is 12.7. The van der Waals surface area contributed by atoms with Crippen molar-refractivity contribution in [3.63, 3.8) is 0 Å². The molecule has 17 heavy (non-hydrogen) atoms. The van der Waals surface area contributed by atoms with Crippen LogP contribution in [0.4, 0.5) is 5.69 Å². The van der Waals surface area contributed by atoms with Gasteiger partial charge in [-0.05, 0) is 24.6 Å². The van der Waals surface area contributed by atoms with Crippen LogP contribution in [0.2, 0.25) is 0 Å². The molecular formula is C13H19NO3. The van der Waals surface area contributed by atoms with Crippen molar-refractivity contribution in [2.24, 2.45) is 0 Å². The molecule has 0 spiro atoms. The molecular weight excluding hydrogens is 218 g/mol. The number of unbranched alkanes of at least 4 members (excludes halogenated alkanes) is 2. The Labute approximate surface area is 102 Å². The van der Waals surface area contributed by atoms with Gasteiger partial charge in [0.2, 0.25) is 0 Å². The third kappa shape index (κ3) is 3.98. The van der Waals surface area contributed by atoms with Crippen molar-refractivity contribution in [3.05, 3.63) is 23.8 Å². The zero-order valence-electron chi connectivity index (χ0n) is 10.4. The van der Waals surface area contributed by atoms with Crippen molar-refractivity contribution < 1.29 is 14.3 Å². The van der Waals surface area contributed by atoms with Crippen molar-refractivity contribution in [2.75, 3.05) is 19.5 Å². The van der Waals surface area contributed by atoms with Gasteiger partial charge in [-0.2, -0.15) is 0 Å². The SMILES string of the molecule is CCCCCOc1ccc(C(=O)OC)cc1N.